The van der Waals surface area contributed by atoms with E-state index >= 15 is 0 Å². The number of hydrogen-bond acceptors (Lipinski definition) is 2. The predicted octanol–water partition coefficient (Wildman–Crippen LogP) is 2.20. The van der Waals surface area contributed by atoms with E-state index in [0.717, 1.165) is 11.4 Å². The first-order valence-electron chi connectivity index (χ1n) is 3.08. The van der Waals surface area contributed by atoms with E-state index in [9.17, 15) is 0 Å². The lowest BCUT2D eigenvalue weighted by atomic mass is 10.2. The number of aryl methyl sites for hydroxylation is 1. The van der Waals surface area contributed by atoms with E-state index in [4.69, 9.17) is 5.73 Å². The van der Waals surface area contributed by atoms with Crippen LogP contribution in [0.5, 0.6) is 0 Å². The van der Waals surface area contributed by atoms with Gasteiger partial charge < -0.3 is 5.73 Å². The van der Waals surface area contributed by atoms with E-state index in [-0.39, 0.29) is 0 Å². The van der Waals surface area contributed by atoms with Crippen LogP contribution in [-0.2, 0) is 6.42 Å². The first kappa shape index (κ1) is 6.62. The van der Waals surface area contributed by atoms with Crippen molar-refractivity contribution in [3.63, 3.8) is 0 Å². The Morgan fingerprint density at radius 3 is 2.56 bits per heavy atom. The average Bonchev–Trinajstić information content (AvgIpc) is 2.15. The Hall–Kier alpha value is -0.500. The summed E-state index contributed by atoms with van der Waals surface area (Å²) in [7, 11) is 0. The molecule has 1 aromatic heterocycles. The molecule has 0 unspecified atom stereocenters. The quantitative estimate of drug-likeness (QED) is 0.637. The van der Waals surface area contributed by atoms with Crippen molar-refractivity contribution in [2.75, 3.05) is 5.73 Å². The van der Waals surface area contributed by atoms with Gasteiger partial charge in [-0.2, -0.15) is 0 Å². The van der Waals surface area contributed by atoms with Crippen LogP contribution >= 0.6 is 11.3 Å². The van der Waals surface area contributed by atoms with Crippen LogP contribution in [-0.4, -0.2) is 0 Å². The highest BCUT2D eigenvalue weighted by Crippen LogP contribution is 2.23. The van der Waals surface area contributed by atoms with Crippen molar-refractivity contribution in [2.45, 2.75) is 20.3 Å². The number of nitrogens with two attached hydrogens (primary N) is 1. The van der Waals surface area contributed by atoms with Gasteiger partial charge in [-0.3, -0.25) is 0 Å². The molecule has 1 heterocycles. The van der Waals surface area contributed by atoms with Crippen LogP contribution in [0, 0.1) is 6.92 Å². The Labute approximate surface area is 59.5 Å². The molecule has 0 saturated heterocycles. The molecular formula is C7H11NS. The van der Waals surface area contributed by atoms with E-state index in [2.05, 4.69) is 19.2 Å². The minimum atomic E-state index is 0.965. The van der Waals surface area contributed by atoms with Crippen molar-refractivity contribution < 1.29 is 0 Å². The maximum absolute atomic E-state index is 5.63. The summed E-state index contributed by atoms with van der Waals surface area (Å²) in [5.41, 5.74) is 8.29. The molecule has 0 aromatic carbocycles. The summed E-state index contributed by atoms with van der Waals surface area (Å²) in [5, 5.41) is 3.09. The van der Waals surface area contributed by atoms with Crippen molar-refractivity contribution in [1.29, 1.82) is 0 Å². The molecule has 2 heteroatoms. The van der Waals surface area contributed by atoms with Gasteiger partial charge in [0.2, 0.25) is 0 Å². The molecular weight excluding hydrogens is 130 g/mol. The van der Waals surface area contributed by atoms with E-state index in [1.54, 1.807) is 11.3 Å². The van der Waals surface area contributed by atoms with E-state index in [1.165, 1.54) is 11.1 Å². The first-order valence-corrected chi connectivity index (χ1v) is 3.96. The Morgan fingerprint density at radius 1 is 1.67 bits per heavy atom. The summed E-state index contributed by atoms with van der Waals surface area (Å²) in [4.78, 5) is 0. The molecule has 0 aliphatic rings. The maximum atomic E-state index is 5.63. The van der Waals surface area contributed by atoms with Crippen LogP contribution in [0.4, 0.5) is 5.00 Å². The fraction of sp³-hybridized carbons (Fsp3) is 0.429. The zero-order valence-electron chi connectivity index (χ0n) is 5.77. The van der Waals surface area contributed by atoms with Gasteiger partial charge in [0.05, 0.1) is 5.00 Å². The molecule has 0 bridgehead atoms. The van der Waals surface area contributed by atoms with Gasteiger partial charge in [0.1, 0.15) is 0 Å². The molecule has 1 aromatic rings. The smallest absolute Gasteiger partial charge is 0.0888 e. The van der Waals surface area contributed by atoms with Crippen molar-refractivity contribution in [3.8, 4) is 0 Å². The molecule has 0 aliphatic carbocycles. The van der Waals surface area contributed by atoms with Gasteiger partial charge in [0, 0.05) is 0 Å². The molecule has 0 spiro atoms. The number of nitrogen functional groups attached to an aromatic ring is 1. The monoisotopic (exact) mass is 141 g/mol. The molecule has 0 saturated carbocycles. The van der Waals surface area contributed by atoms with Crippen LogP contribution in [0.15, 0.2) is 5.38 Å². The van der Waals surface area contributed by atoms with Crippen LogP contribution in [0.1, 0.15) is 18.1 Å². The van der Waals surface area contributed by atoms with Gasteiger partial charge in [0.25, 0.3) is 0 Å². The lowest BCUT2D eigenvalue weighted by Gasteiger charge is -1.91. The Morgan fingerprint density at radius 2 is 2.33 bits per heavy atom. The third-order valence-corrected chi connectivity index (χ3v) is 2.52. The molecule has 1 nitrogen and oxygen atoms in total. The van der Waals surface area contributed by atoms with Crippen LogP contribution in [0.2, 0.25) is 0 Å². The van der Waals surface area contributed by atoms with Crippen LogP contribution < -0.4 is 5.73 Å². The van der Waals surface area contributed by atoms with Crippen molar-refractivity contribution in [2.24, 2.45) is 0 Å². The zero-order valence-corrected chi connectivity index (χ0v) is 6.59. The fourth-order valence-corrected chi connectivity index (χ4v) is 1.74. The maximum Gasteiger partial charge on any atom is 0.0888 e. The zero-order chi connectivity index (χ0) is 6.85. The summed E-state index contributed by atoms with van der Waals surface area (Å²) < 4.78 is 0. The summed E-state index contributed by atoms with van der Waals surface area (Å²) in [5.74, 6) is 0. The Kier molecular flexibility index (Phi) is 1.76. The highest BCUT2D eigenvalue weighted by Gasteiger charge is 1.99. The van der Waals surface area contributed by atoms with Gasteiger partial charge in [-0.15, -0.1) is 11.3 Å². The fourth-order valence-electron chi connectivity index (χ4n) is 0.818. The third-order valence-electron chi connectivity index (χ3n) is 1.56. The third kappa shape index (κ3) is 1.08. The minimum absolute atomic E-state index is 0.965. The first-order chi connectivity index (χ1) is 4.25. The van der Waals surface area contributed by atoms with Gasteiger partial charge >= 0.3 is 0 Å². The number of rotatable bonds is 1. The van der Waals surface area contributed by atoms with E-state index < -0.39 is 0 Å². The second-order valence-electron chi connectivity index (χ2n) is 2.10. The predicted molar refractivity (Wildman–Crippen MR) is 42.8 cm³/mol. The molecule has 1 rings (SSSR count). The lowest BCUT2D eigenvalue weighted by molar-refractivity contribution is 1.13. The topological polar surface area (TPSA) is 26.0 Å². The molecule has 0 fully saturated rings. The average molecular weight is 141 g/mol. The van der Waals surface area contributed by atoms with E-state index in [1.807, 2.05) is 0 Å². The molecule has 0 amide bonds. The minimum Gasteiger partial charge on any atom is -0.390 e. The highest BCUT2D eigenvalue weighted by atomic mass is 32.1. The number of hydrogen-bond donors (Lipinski definition) is 1. The van der Waals surface area contributed by atoms with E-state index in [0.29, 0.717) is 0 Å². The van der Waals surface area contributed by atoms with Crippen molar-refractivity contribution in [1.82, 2.24) is 0 Å². The summed E-state index contributed by atoms with van der Waals surface area (Å²) in [6.45, 7) is 4.22. The molecule has 9 heavy (non-hydrogen) atoms. The van der Waals surface area contributed by atoms with Crippen LogP contribution in [0.3, 0.4) is 0 Å². The summed E-state index contributed by atoms with van der Waals surface area (Å²) in [6.07, 6.45) is 1.10. The van der Waals surface area contributed by atoms with Crippen molar-refractivity contribution in [3.05, 3.63) is 16.5 Å². The SMILES string of the molecule is CCc1csc(N)c1C. The second kappa shape index (κ2) is 2.40. The molecule has 0 radical (unpaired) electrons. The molecule has 0 aliphatic heterocycles. The molecule has 2 N–H and O–H groups in total. The van der Waals surface area contributed by atoms with Gasteiger partial charge in [-0.05, 0) is 29.9 Å². The number of thiophene rings is 1. The standard InChI is InChI=1S/C7H11NS/c1-3-6-4-9-7(8)5(6)2/h4H,3,8H2,1-2H3. The normalized spacial score (nSPS) is 10.0. The van der Waals surface area contributed by atoms with Gasteiger partial charge in [0.15, 0.2) is 0 Å². The van der Waals surface area contributed by atoms with Gasteiger partial charge in [-0.25, -0.2) is 0 Å². The van der Waals surface area contributed by atoms with Crippen LogP contribution in [0.25, 0.3) is 0 Å². The molecule has 50 valence electrons. The number of anilines is 1. The summed E-state index contributed by atoms with van der Waals surface area (Å²) in [6, 6.07) is 0. The van der Waals surface area contributed by atoms with Crippen molar-refractivity contribution >= 4 is 16.3 Å². The van der Waals surface area contributed by atoms with Gasteiger partial charge in [-0.1, -0.05) is 6.92 Å². The summed E-state index contributed by atoms with van der Waals surface area (Å²) >= 11 is 1.63. The second-order valence-corrected chi connectivity index (χ2v) is 3.01. The lowest BCUT2D eigenvalue weighted by Crippen LogP contribution is -1.84. The Bertz CT molecular complexity index is 203. The molecule has 0 atom stereocenters. The Balaban J connectivity index is 3.04. The highest BCUT2D eigenvalue weighted by molar-refractivity contribution is 7.14. The largest absolute Gasteiger partial charge is 0.390 e.